The fourth-order valence-corrected chi connectivity index (χ4v) is 1.71. The highest BCUT2D eigenvalue weighted by molar-refractivity contribution is 5.79. The van der Waals surface area contributed by atoms with Gasteiger partial charge in [0.15, 0.2) is 0 Å². The van der Waals surface area contributed by atoms with Gasteiger partial charge in [-0.1, -0.05) is 6.92 Å². The molecule has 2 atom stereocenters. The number of aliphatic hydroxyl groups is 1. The maximum absolute atomic E-state index is 11.6. The van der Waals surface area contributed by atoms with Gasteiger partial charge in [-0.05, 0) is 12.5 Å². The molecule has 1 fully saturated rings. The van der Waals surface area contributed by atoms with E-state index < -0.39 is 0 Å². The summed E-state index contributed by atoms with van der Waals surface area (Å²) in [5.41, 5.74) is 0. The van der Waals surface area contributed by atoms with Gasteiger partial charge in [0, 0.05) is 13.1 Å². The number of hydrogen-bond donors (Lipinski definition) is 3. The topological polar surface area (TPSA) is 70.6 Å². The summed E-state index contributed by atoms with van der Waals surface area (Å²) in [4.78, 5) is 11.6. The van der Waals surface area contributed by atoms with E-state index in [2.05, 4.69) is 17.6 Å². The Morgan fingerprint density at radius 1 is 1.53 bits per heavy atom. The van der Waals surface area contributed by atoms with Crippen LogP contribution < -0.4 is 10.6 Å². The average Bonchev–Trinajstić information content (AvgIpc) is 2.64. The fraction of sp³-hybridized carbons (Fsp3) is 0.900. The van der Waals surface area contributed by atoms with Crippen molar-refractivity contribution in [3.63, 3.8) is 0 Å². The number of rotatable bonds is 6. The standard InChI is InChI=1S/C10H20N2O3/c1-8-6-11-7-9(8)10(14)12-2-4-15-5-3-13/h8-9,11,13H,2-7H2,1H3,(H,12,14)/t8-,9-/m1/s1. The zero-order chi connectivity index (χ0) is 11.1. The summed E-state index contributed by atoms with van der Waals surface area (Å²) in [6.07, 6.45) is 0. The molecule has 0 aromatic rings. The lowest BCUT2D eigenvalue weighted by molar-refractivity contribution is -0.125. The highest BCUT2D eigenvalue weighted by Crippen LogP contribution is 2.15. The van der Waals surface area contributed by atoms with Crippen molar-refractivity contribution >= 4 is 5.91 Å². The van der Waals surface area contributed by atoms with E-state index in [1.165, 1.54) is 0 Å². The van der Waals surface area contributed by atoms with Crippen LogP contribution in [0.5, 0.6) is 0 Å². The van der Waals surface area contributed by atoms with E-state index in [0.717, 1.165) is 13.1 Å². The maximum Gasteiger partial charge on any atom is 0.224 e. The molecule has 15 heavy (non-hydrogen) atoms. The number of carbonyl (C=O) groups excluding carboxylic acids is 1. The number of amides is 1. The Balaban J connectivity index is 2.08. The van der Waals surface area contributed by atoms with Gasteiger partial charge in [-0.15, -0.1) is 0 Å². The van der Waals surface area contributed by atoms with Gasteiger partial charge in [0.05, 0.1) is 25.7 Å². The van der Waals surface area contributed by atoms with Gasteiger partial charge in [-0.25, -0.2) is 0 Å². The second-order valence-corrected chi connectivity index (χ2v) is 3.87. The smallest absolute Gasteiger partial charge is 0.224 e. The van der Waals surface area contributed by atoms with Crippen molar-refractivity contribution in [1.82, 2.24) is 10.6 Å². The molecular formula is C10H20N2O3. The summed E-state index contributed by atoms with van der Waals surface area (Å²) in [5, 5.41) is 14.5. The first-order valence-corrected chi connectivity index (χ1v) is 5.42. The Morgan fingerprint density at radius 3 is 2.93 bits per heavy atom. The molecule has 0 aromatic carbocycles. The van der Waals surface area contributed by atoms with E-state index in [1.807, 2.05) is 0 Å². The van der Waals surface area contributed by atoms with Crippen molar-refractivity contribution < 1.29 is 14.6 Å². The van der Waals surface area contributed by atoms with E-state index in [0.29, 0.717) is 25.7 Å². The first kappa shape index (κ1) is 12.4. The Hall–Kier alpha value is -0.650. The predicted octanol–water partition coefficient (Wildman–Crippen LogP) is -1.03. The number of ether oxygens (including phenoxy) is 1. The quantitative estimate of drug-likeness (QED) is 0.496. The molecular weight excluding hydrogens is 196 g/mol. The lowest BCUT2D eigenvalue weighted by atomic mass is 9.97. The molecule has 1 aliphatic heterocycles. The van der Waals surface area contributed by atoms with Crippen LogP contribution in [0.15, 0.2) is 0 Å². The van der Waals surface area contributed by atoms with Gasteiger partial charge in [-0.3, -0.25) is 4.79 Å². The number of nitrogens with one attached hydrogen (secondary N) is 2. The number of hydrogen-bond acceptors (Lipinski definition) is 4. The van der Waals surface area contributed by atoms with Crippen molar-refractivity contribution in [2.45, 2.75) is 6.92 Å². The van der Waals surface area contributed by atoms with Crippen molar-refractivity contribution in [3.8, 4) is 0 Å². The van der Waals surface area contributed by atoms with Gasteiger partial charge in [-0.2, -0.15) is 0 Å². The van der Waals surface area contributed by atoms with Crippen LogP contribution in [-0.4, -0.2) is 50.5 Å². The minimum atomic E-state index is 0.0253. The second kappa shape index (κ2) is 6.76. The molecule has 1 heterocycles. The lowest BCUT2D eigenvalue weighted by Crippen LogP contribution is -2.36. The summed E-state index contributed by atoms with van der Waals surface area (Å²) in [6, 6.07) is 0. The molecule has 0 unspecified atom stereocenters. The molecule has 0 radical (unpaired) electrons. The van der Waals surface area contributed by atoms with Crippen LogP contribution in [0, 0.1) is 11.8 Å². The molecule has 5 nitrogen and oxygen atoms in total. The molecule has 1 rings (SSSR count). The third-order valence-corrected chi connectivity index (χ3v) is 2.64. The van der Waals surface area contributed by atoms with E-state index in [1.54, 1.807) is 0 Å². The van der Waals surface area contributed by atoms with Crippen molar-refractivity contribution in [2.24, 2.45) is 11.8 Å². The van der Waals surface area contributed by atoms with Crippen LogP contribution in [0.1, 0.15) is 6.92 Å². The molecule has 1 aliphatic rings. The summed E-state index contributed by atoms with van der Waals surface area (Å²) in [5.74, 6) is 0.589. The minimum Gasteiger partial charge on any atom is -0.394 e. The lowest BCUT2D eigenvalue weighted by Gasteiger charge is -2.13. The zero-order valence-electron chi connectivity index (χ0n) is 9.16. The van der Waals surface area contributed by atoms with Gasteiger partial charge in [0.2, 0.25) is 5.91 Å². The van der Waals surface area contributed by atoms with E-state index in [-0.39, 0.29) is 18.4 Å². The first-order chi connectivity index (χ1) is 7.25. The fourth-order valence-electron chi connectivity index (χ4n) is 1.71. The van der Waals surface area contributed by atoms with Crippen LogP contribution in [0.3, 0.4) is 0 Å². The highest BCUT2D eigenvalue weighted by atomic mass is 16.5. The molecule has 3 N–H and O–H groups in total. The molecule has 1 saturated heterocycles. The van der Waals surface area contributed by atoms with E-state index >= 15 is 0 Å². The largest absolute Gasteiger partial charge is 0.394 e. The van der Waals surface area contributed by atoms with Crippen molar-refractivity contribution in [3.05, 3.63) is 0 Å². The summed E-state index contributed by atoms with van der Waals surface area (Å²) in [7, 11) is 0. The molecule has 0 aliphatic carbocycles. The molecule has 88 valence electrons. The van der Waals surface area contributed by atoms with Gasteiger partial charge < -0.3 is 20.5 Å². The summed E-state index contributed by atoms with van der Waals surface area (Å²) in [6.45, 7) is 5.09. The van der Waals surface area contributed by atoms with Crippen LogP contribution in [-0.2, 0) is 9.53 Å². The van der Waals surface area contributed by atoms with Crippen LogP contribution >= 0.6 is 0 Å². The molecule has 5 heteroatoms. The molecule has 0 spiro atoms. The first-order valence-electron chi connectivity index (χ1n) is 5.42. The monoisotopic (exact) mass is 216 g/mol. The Labute approximate surface area is 90.2 Å². The molecule has 0 saturated carbocycles. The normalized spacial score (nSPS) is 25.5. The third kappa shape index (κ3) is 4.15. The van der Waals surface area contributed by atoms with Crippen molar-refractivity contribution in [2.75, 3.05) is 39.5 Å². The van der Waals surface area contributed by atoms with Gasteiger partial charge in [0.25, 0.3) is 0 Å². The highest BCUT2D eigenvalue weighted by Gasteiger charge is 2.28. The van der Waals surface area contributed by atoms with Crippen molar-refractivity contribution in [1.29, 1.82) is 0 Å². The molecule has 0 bridgehead atoms. The van der Waals surface area contributed by atoms with Crippen LogP contribution in [0.4, 0.5) is 0 Å². The van der Waals surface area contributed by atoms with Gasteiger partial charge in [0.1, 0.15) is 0 Å². The van der Waals surface area contributed by atoms with Gasteiger partial charge >= 0.3 is 0 Å². The van der Waals surface area contributed by atoms with Crippen LogP contribution in [0.2, 0.25) is 0 Å². The molecule has 1 amide bonds. The zero-order valence-corrected chi connectivity index (χ0v) is 9.16. The Kier molecular flexibility index (Phi) is 5.60. The average molecular weight is 216 g/mol. The van der Waals surface area contributed by atoms with E-state index in [4.69, 9.17) is 9.84 Å². The molecule has 0 aromatic heterocycles. The Bertz CT molecular complexity index is 199. The maximum atomic E-state index is 11.6. The van der Waals surface area contributed by atoms with Crippen LogP contribution in [0.25, 0.3) is 0 Å². The van der Waals surface area contributed by atoms with E-state index in [9.17, 15) is 4.79 Å². The summed E-state index contributed by atoms with van der Waals surface area (Å²) >= 11 is 0. The third-order valence-electron chi connectivity index (χ3n) is 2.64. The number of aliphatic hydroxyl groups excluding tert-OH is 1. The summed E-state index contributed by atoms with van der Waals surface area (Å²) < 4.78 is 5.04. The number of carbonyl (C=O) groups is 1. The second-order valence-electron chi connectivity index (χ2n) is 3.87. The SMILES string of the molecule is C[C@@H]1CNC[C@H]1C(=O)NCCOCCO. The minimum absolute atomic E-state index is 0.0253. The predicted molar refractivity (Wildman–Crippen MR) is 56.4 cm³/mol. The Morgan fingerprint density at radius 2 is 2.33 bits per heavy atom.